The highest BCUT2D eigenvalue weighted by molar-refractivity contribution is 7.98. The summed E-state index contributed by atoms with van der Waals surface area (Å²) in [5.41, 5.74) is 4.96. The molecular weight excluding hydrogens is 745 g/mol. The van der Waals surface area contributed by atoms with E-state index in [0.29, 0.717) is 27.1 Å². The van der Waals surface area contributed by atoms with Crippen molar-refractivity contribution in [2.45, 2.75) is 83.9 Å². The number of nitrogens with one attached hydrogen (secondary N) is 1. The summed E-state index contributed by atoms with van der Waals surface area (Å²) in [6.45, 7) is 16.0. The Balaban J connectivity index is 0.000000397. The molecule has 3 aromatic carbocycles. The van der Waals surface area contributed by atoms with Crippen LogP contribution in [0.4, 0.5) is 42.8 Å². The lowest BCUT2D eigenvalue weighted by molar-refractivity contribution is -0.384. The van der Waals surface area contributed by atoms with Gasteiger partial charge in [-0.05, 0) is 117 Å². The Morgan fingerprint density at radius 1 is 0.843 bits per heavy atom. The Morgan fingerprint density at radius 3 is 1.82 bits per heavy atom. The van der Waals surface area contributed by atoms with Crippen molar-refractivity contribution in [2.24, 2.45) is 0 Å². The van der Waals surface area contributed by atoms with Crippen molar-refractivity contribution in [1.82, 2.24) is 0 Å². The molecule has 51 heavy (non-hydrogen) atoms. The van der Waals surface area contributed by atoms with Gasteiger partial charge in [-0.2, -0.15) is 0 Å². The van der Waals surface area contributed by atoms with Gasteiger partial charge in [-0.1, -0.05) is 34.8 Å². The molecule has 0 aliphatic heterocycles. The van der Waals surface area contributed by atoms with E-state index < -0.39 is 39.9 Å². The standard InChI is InChI=1S/C15H21ClN2O4.C11H15ClN2O2.C8H8ClNO2S/c1-14(2,3)17(13(19)22-15(4,5)6)11-8-7-10(16)9-12(11)18(20)21;1-11(2,3)14(10(15)16)7-4-5-9(13)8(12)6-7;1-13-7-3-2-5(4-6(7)9)10-8(11)12/h7-9H,1-6H3;4-6H,13H2,1-3H3,(H,15,16);2-4,10H,1H3,(H,11,12). The van der Waals surface area contributed by atoms with E-state index >= 15 is 0 Å². The van der Waals surface area contributed by atoms with Crippen LogP contribution in [-0.4, -0.2) is 56.4 Å². The van der Waals surface area contributed by atoms with Gasteiger partial charge in [-0.25, -0.2) is 14.4 Å². The molecule has 280 valence electrons. The second-order valence-electron chi connectivity index (χ2n) is 13.7. The molecule has 0 aliphatic carbocycles. The number of carbonyl (C=O) groups excluding carboxylic acids is 1. The molecule has 0 radical (unpaired) electrons. The van der Waals surface area contributed by atoms with Gasteiger partial charge in [0.25, 0.3) is 5.69 Å². The molecular formula is C34H44Cl3N5O8S. The summed E-state index contributed by atoms with van der Waals surface area (Å²) >= 11 is 19.1. The predicted octanol–water partition coefficient (Wildman–Crippen LogP) is 11.1. The number of thioether (sulfide) groups is 1. The third-order valence-electron chi connectivity index (χ3n) is 6.13. The molecule has 17 heteroatoms. The fraction of sp³-hybridized carbons (Fsp3) is 0.382. The number of nitrogen functional groups attached to an aromatic ring is 1. The van der Waals surface area contributed by atoms with E-state index in [1.165, 1.54) is 39.8 Å². The second kappa shape index (κ2) is 18.4. The monoisotopic (exact) mass is 787 g/mol. The number of nitrogens with two attached hydrogens (primary N) is 1. The molecule has 13 nitrogen and oxygen atoms in total. The summed E-state index contributed by atoms with van der Waals surface area (Å²) in [6, 6.07) is 14.0. The van der Waals surface area contributed by atoms with Crippen LogP contribution >= 0.6 is 46.6 Å². The number of benzene rings is 3. The fourth-order valence-corrected chi connectivity index (χ4v) is 5.39. The Kier molecular flexibility index (Phi) is 16.2. The minimum Gasteiger partial charge on any atom is -0.465 e. The third-order valence-corrected chi connectivity index (χ3v) is 7.91. The van der Waals surface area contributed by atoms with E-state index in [1.807, 2.05) is 27.0 Å². The molecule has 3 amide bonds. The number of rotatable bonds is 5. The molecule has 0 spiro atoms. The van der Waals surface area contributed by atoms with Gasteiger partial charge in [-0.3, -0.25) is 25.2 Å². The number of hydrogen-bond donors (Lipinski definition) is 4. The van der Waals surface area contributed by atoms with E-state index in [-0.39, 0.29) is 16.4 Å². The summed E-state index contributed by atoms with van der Waals surface area (Å²) in [7, 11) is 0. The van der Waals surface area contributed by atoms with Gasteiger partial charge in [0.05, 0.1) is 20.7 Å². The number of halogens is 3. The lowest BCUT2D eigenvalue weighted by atomic mass is 10.0. The van der Waals surface area contributed by atoms with Gasteiger partial charge >= 0.3 is 18.3 Å². The first-order chi connectivity index (χ1) is 23.2. The number of nitro groups is 1. The smallest absolute Gasteiger partial charge is 0.415 e. The van der Waals surface area contributed by atoms with Crippen molar-refractivity contribution in [3.63, 3.8) is 0 Å². The van der Waals surface area contributed by atoms with Crippen LogP contribution < -0.4 is 20.9 Å². The number of nitro benzene ring substituents is 1. The molecule has 0 saturated carbocycles. The van der Waals surface area contributed by atoms with Gasteiger partial charge in [-0.15, -0.1) is 11.8 Å². The summed E-state index contributed by atoms with van der Waals surface area (Å²) in [5, 5.41) is 32.2. The van der Waals surface area contributed by atoms with Crippen LogP contribution in [0.3, 0.4) is 0 Å². The number of carboxylic acid groups (broad SMARTS) is 2. The second-order valence-corrected chi connectivity index (χ2v) is 15.7. The lowest BCUT2D eigenvalue weighted by Crippen LogP contribution is -2.48. The minimum atomic E-state index is -1.09. The van der Waals surface area contributed by atoms with E-state index in [2.05, 4.69) is 5.32 Å². The van der Waals surface area contributed by atoms with Crippen LogP contribution in [0.25, 0.3) is 0 Å². The topological polar surface area (TPSA) is 189 Å². The van der Waals surface area contributed by atoms with Gasteiger partial charge < -0.3 is 20.7 Å². The first-order valence-electron chi connectivity index (χ1n) is 15.1. The summed E-state index contributed by atoms with van der Waals surface area (Å²) in [6.07, 6.45) is -0.849. The molecule has 0 atom stereocenters. The molecule has 3 aromatic rings. The Labute approximate surface area is 317 Å². The molecule has 0 fully saturated rings. The van der Waals surface area contributed by atoms with Crippen LogP contribution in [0.5, 0.6) is 0 Å². The first-order valence-corrected chi connectivity index (χ1v) is 17.4. The van der Waals surface area contributed by atoms with Gasteiger partial charge in [0.2, 0.25) is 0 Å². The Morgan fingerprint density at radius 2 is 1.41 bits per heavy atom. The summed E-state index contributed by atoms with van der Waals surface area (Å²) < 4.78 is 5.38. The largest absolute Gasteiger partial charge is 0.465 e. The van der Waals surface area contributed by atoms with Gasteiger partial charge in [0, 0.05) is 38.4 Å². The van der Waals surface area contributed by atoms with Crippen molar-refractivity contribution in [1.29, 1.82) is 0 Å². The summed E-state index contributed by atoms with van der Waals surface area (Å²) in [4.78, 5) is 48.1. The SMILES string of the molecule is CC(C)(C)N(C(=O)O)c1ccc(N)c(Cl)c1.CC(C)(C)OC(=O)N(c1ccc(Cl)cc1[N+](=O)[O-])C(C)(C)C.CSc1ccc(NC(=O)O)cc1Cl. The normalized spacial score (nSPS) is 11.2. The van der Waals surface area contributed by atoms with Crippen molar-refractivity contribution in [3.05, 3.63) is 79.8 Å². The molecule has 0 saturated heterocycles. The molecule has 0 unspecified atom stereocenters. The Hall–Kier alpha value is -4.11. The van der Waals surface area contributed by atoms with E-state index in [4.69, 9.17) is 50.4 Å². The van der Waals surface area contributed by atoms with Gasteiger partial charge in [0.15, 0.2) is 0 Å². The van der Waals surface area contributed by atoms with Crippen LogP contribution in [0, 0.1) is 10.1 Å². The van der Waals surface area contributed by atoms with Gasteiger partial charge in [0.1, 0.15) is 11.3 Å². The lowest BCUT2D eigenvalue weighted by Gasteiger charge is -2.36. The van der Waals surface area contributed by atoms with Crippen LogP contribution in [0.15, 0.2) is 59.5 Å². The van der Waals surface area contributed by atoms with Crippen LogP contribution in [0.2, 0.25) is 15.1 Å². The highest BCUT2D eigenvalue weighted by atomic mass is 35.5. The predicted molar refractivity (Wildman–Crippen MR) is 208 cm³/mol. The minimum absolute atomic E-state index is 0.149. The van der Waals surface area contributed by atoms with Crippen molar-refractivity contribution < 1.29 is 34.3 Å². The number of carbonyl (C=O) groups is 3. The molecule has 5 N–H and O–H groups in total. The van der Waals surface area contributed by atoms with Crippen molar-refractivity contribution in [3.8, 4) is 0 Å². The number of nitrogens with zero attached hydrogens (tertiary/aromatic N) is 3. The first kappa shape index (κ1) is 44.9. The number of hydrogen-bond acceptors (Lipinski definition) is 8. The van der Waals surface area contributed by atoms with E-state index in [9.17, 15) is 29.6 Å². The van der Waals surface area contributed by atoms with Crippen LogP contribution in [-0.2, 0) is 4.74 Å². The van der Waals surface area contributed by atoms with Crippen molar-refractivity contribution in [2.75, 3.05) is 27.1 Å². The van der Waals surface area contributed by atoms with Crippen LogP contribution in [0.1, 0.15) is 62.3 Å². The zero-order valence-corrected chi connectivity index (χ0v) is 33.1. The molecule has 0 aliphatic rings. The number of anilines is 4. The number of amides is 3. The number of ether oxygens (including phenoxy) is 1. The Bertz CT molecular complexity index is 1720. The van der Waals surface area contributed by atoms with E-state index in [1.54, 1.807) is 77.9 Å². The third kappa shape index (κ3) is 14.6. The zero-order valence-electron chi connectivity index (χ0n) is 30.0. The average molecular weight is 789 g/mol. The highest BCUT2D eigenvalue weighted by Gasteiger charge is 2.36. The zero-order chi connectivity index (χ0) is 39.6. The maximum atomic E-state index is 12.5. The van der Waals surface area contributed by atoms with Crippen molar-refractivity contribution >= 4 is 93.3 Å². The average Bonchev–Trinajstić information content (AvgIpc) is 2.93. The molecule has 0 bridgehead atoms. The fourth-order valence-electron chi connectivity index (χ4n) is 4.18. The maximum absolute atomic E-state index is 12.5. The summed E-state index contributed by atoms with van der Waals surface area (Å²) in [5.74, 6) is 0. The highest BCUT2D eigenvalue weighted by Crippen LogP contribution is 2.36. The molecule has 0 heterocycles. The molecule has 0 aromatic heterocycles. The molecule has 3 rings (SSSR count). The van der Waals surface area contributed by atoms with E-state index in [0.717, 1.165) is 4.90 Å². The maximum Gasteiger partial charge on any atom is 0.415 e. The quantitative estimate of drug-likeness (QED) is 0.0838.